The highest BCUT2D eigenvalue weighted by Crippen LogP contribution is 2.36. The number of thiazole rings is 1. The van der Waals surface area contributed by atoms with Crippen LogP contribution in [0.25, 0.3) is 27.5 Å². The van der Waals surface area contributed by atoms with Gasteiger partial charge in [-0.2, -0.15) is 0 Å². The quantitative estimate of drug-likeness (QED) is 0.494. The van der Waals surface area contributed by atoms with Gasteiger partial charge in [0.1, 0.15) is 4.88 Å². The molecule has 0 aliphatic carbocycles. The Morgan fingerprint density at radius 3 is 2.50 bits per heavy atom. The fourth-order valence-electron chi connectivity index (χ4n) is 3.12. The van der Waals surface area contributed by atoms with Gasteiger partial charge < -0.3 is 5.11 Å². The number of aromatic carboxylic acids is 1. The molecule has 0 aliphatic rings. The molecule has 4 aromatic rings. The molecule has 130 valence electrons. The number of imidazole rings is 1. The van der Waals surface area contributed by atoms with Crippen LogP contribution in [-0.4, -0.2) is 20.5 Å². The number of aryl methyl sites for hydroxylation is 2. The van der Waals surface area contributed by atoms with E-state index in [1.165, 1.54) is 11.3 Å². The highest BCUT2D eigenvalue weighted by Gasteiger charge is 2.24. The van der Waals surface area contributed by atoms with Gasteiger partial charge in [-0.3, -0.25) is 4.40 Å². The third kappa shape index (κ3) is 2.60. The zero-order valence-corrected chi connectivity index (χ0v) is 15.7. The Kier molecular flexibility index (Phi) is 4.05. The zero-order valence-electron chi connectivity index (χ0n) is 14.2. The number of aromatic nitrogens is 2. The van der Waals surface area contributed by atoms with Gasteiger partial charge in [0.25, 0.3) is 0 Å². The SMILES string of the molecule is Cc1cc(-c2nc3sc(C(=O)O)c(-c4ccccc4)n3c2C)ccc1Cl. The predicted octanol–water partition coefficient (Wildman–Crippen LogP) is 5.70. The summed E-state index contributed by atoms with van der Waals surface area (Å²) in [5.74, 6) is -0.942. The summed E-state index contributed by atoms with van der Waals surface area (Å²) in [4.78, 5) is 17.4. The molecule has 0 atom stereocenters. The number of rotatable bonds is 3. The number of fused-ring (bicyclic) bond motifs is 1. The maximum atomic E-state index is 11.8. The van der Waals surface area contributed by atoms with E-state index in [-0.39, 0.29) is 0 Å². The second-order valence-electron chi connectivity index (χ2n) is 6.08. The summed E-state index contributed by atoms with van der Waals surface area (Å²) in [6.07, 6.45) is 0. The van der Waals surface area contributed by atoms with Crippen molar-refractivity contribution in [1.82, 2.24) is 9.38 Å². The van der Waals surface area contributed by atoms with Crippen LogP contribution in [0.1, 0.15) is 20.9 Å². The summed E-state index contributed by atoms with van der Waals surface area (Å²) in [5.41, 5.74) is 5.22. The molecule has 0 fully saturated rings. The maximum Gasteiger partial charge on any atom is 0.348 e. The van der Waals surface area contributed by atoms with Crippen LogP contribution in [0.4, 0.5) is 0 Å². The molecule has 2 aromatic carbocycles. The van der Waals surface area contributed by atoms with Crippen LogP contribution in [0.3, 0.4) is 0 Å². The van der Waals surface area contributed by atoms with Crippen LogP contribution >= 0.6 is 22.9 Å². The molecular weight excluding hydrogens is 368 g/mol. The minimum absolute atomic E-state index is 0.292. The number of nitrogens with zero attached hydrogens (tertiary/aromatic N) is 2. The minimum atomic E-state index is -0.942. The molecule has 6 heteroatoms. The molecule has 0 spiro atoms. The lowest BCUT2D eigenvalue weighted by Gasteiger charge is -2.06. The highest BCUT2D eigenvalue weighted by molar-refractivity contribution is 7.19. The fourth-order valence-corrected chi connectivity index (χ4v) is 4.27. The van der Waals surface area contributed by atoms with Gasteiger partial charge in [0.05, 0.1) is 11.4 Å². The van der Waals surface area contributed by atoms with Crippen LogP contribution in [0.2, 0.25) is 5.02 Å². The van der Waals surface area contributed by atoms with Gasteiger partial charge in [0.2, 0.25) is 0 Å². The first-order valence-electron chi connectivity index (χ1n) is 8.04. The largest absolute Gasteiger partial charge is 0.477 e. The molecule has 1 N–H and O–H groups in total. The lowest BCUT2D eigenvalue weighted by Crippen LogP contribution is -1.99. The molecule has 0 saturated carbocycles. The molecule has 4 rings (SSSR count). The average Bonchev–Trinajstić information content (AvgIpc) is 3.15. The Hall–Kier alpha value is -2.63. The molecule has 26 heavy (non-hydrogen) atoms. The van der Waals surface area contributed by atoms with Crippen molar-refractivity contribution >= 4 is 33.9 Å². The van der Waals surface area contributed by atoms with Gasteiger partial charge in [-0.1, -0.05) is 59.3 Å². The molecule has 0 bridgehead atoms. The summed E-state index contributed by atoms with van der Waals surface area (Å²) in [7, 11) is 0. The van der Waals surface area contributed by atoms with Gasteiger partial charge in [0.15, 0.2) is 4.96 Å². The normalized spacial score (nSPS) is 11.2. The third-order valence-corrected chi connectivity index (χ3v) is 5.83. The zero-order chi connectivity index (χ0) is 18.4. The van der Waals surface area contributed by atoms with E-state index in [2.05, 4.69) is 0 Å². The van der Waals surface area contributed by atoms with Crippen LogP contribution in [0.15, 0.2) is 48.5 Å². The Bertz CT molecular complexity index is 1150. The van der Waals surface area contributed by atoms with E-state index in [1.807, 2.05) is 66.8 Å². The average molecular weight is 383 g/mol. The van der Waals surface area contributed by atoms with E-state index in [1.54, 1.807) is 0 Å². The molecule has 2 heterocycles. The van der Waals surface area contributed by atoms with Crippen molar-refractivity contribution in [2.75, 3.05) is 0 Å². The first-order valence-corrected chi connectivity index (χ1v) is 9.24. The molecule has 0 unspecified atom stereocenters. The Balaban J connectivity index is 2.01. The van der Waals surface area contributed by atoms with Crippen molar-refractivity contribution in [2.45, 2.75) is 13.8 Å². The Morgan fingerprint density at radius 1 is 1.12 bits per heavy atom. The summed E-state index contributed by atoms with van der Waals surface area (Å²) >= 11 is 7.33. The molecule has 0 aliphatic heterocycles. The van der Waals surface area contributed by atoms with Crippen LogP contribution in [-0.2, 0) is 0 Å². The number of carboxylic acid groups (broad SMARTS) is 1. The van der Waals surface area contributed by atoms with E-state index >= 15 is 0 Å². The molecule has 0 amide bonds. The van der Waals surface area contributed by atoms with Gasteiger partial charge in [-0.25, -0.2) is 9.78 Å². The number of hydrogen-bond donors (Lipinski definition) is 1. The number of carbonyl (C=O) groups is 1. The molecular formula is C20H15ClN2O2S. The lowest BCUT2D eigenvalue weighted by molar-refractivity contribution is 0.0702. The van der Waals surface area contributed by atoms with Crippen LogP contribution in [0, 0.1) is 13.8 Å². The number of carboxylic acids is 1. The van der Waals surface area contributed by atoms with Gasteiger partial charge in [0, 0.05) is 21.8 Å². The standard InChI is InChI=1S/C20H15ClN2O2S/c1-11-10-14(8-9-15(11)21)16-12(2)23-17(13-6-4-3-5-7-13)18(19(24)25)26-20(23)22-16/h3-10H,1-2H3,(H,24,25). The highest BCUT2D eigenvalue weighted by atomic mass is 35.5. The van der Waals surface area contributed by atoms with Crippen LogP contribution < -0.4 is 0 Å². The van der Waals surface area contributed by atoms with Crippen molar-refractivity contribution in [3.63, 3.8) is 0 Å². The molecule has 4 nitrogen and oxygen atoms in total. The summed E-state index contributed by atoms with van der Waals surface area (Å²) in [6, 6.07) is 15.4. The molecule has 0 saturated heterocycles. The monoisotopic (exact) mass is 382 g/mol. The topological polar surface area (TPSA) is 54.6 Å². The minimum Gasteiger partial charge on any atom is -0.477 e. The summed E-state index contributed by atoms with van der Waals surface area (Å²) in [5, 5.41) is 10.4. The predicted molar refractivity (Wildman–Crippen MR) is 105 cm³/mol. The summed E-state index contributed by atoms with van der Waals surface area (Å²) in [6.45, 7) is 3.92. The van der Waals surface area contributed by atoms with Crippen molar-refractivity contribution in [3.05, 3.63) is 69.7 Å². The van der Waals surface area contributed by atoms with Gasteiger partial charge in [-0.05, 0) is 31.5 Å². The van der Waals surface area contributed by atoms with Gasteiger partial charge in [-0.15, -0.1) is 0 Å². The Morgan fingerprint density at radius 2 is 1.85 bits per heavy atom. The third-order valence-electron chi connectivity index (χ3n) is 4.38. The van der Waals surface area contributed by atoms with E-state index in [4.69, 9.17) is 16.6 Å². The number of benzene rings is 2. The van der Waals surface area contributed by atoms with Crippen molar-refractivity contribution < 1.29 is 9.90 Å². The smallest absolute Gasteiger partial charge is 0.348 e. The van der Waals surface area contributed by atoms with E-state index in [9.17, 15) is 9.90 Å². The second kappa shape index (κ2) is 6.27. The van der Waals surface area contributed by atoms with Crippen molar-refractivity contribution in [3.8, 4) is 22.5 Å². The van der Waals surface area contributed by atoms with Crippen molar-refractivity contribution in [1.29, 1.82) is 0 Å². The molecule has 0 radical (unpaired) electrons. The van der Waals surface area contributed by atoms with Crippen molar-refractivity contribution in [2.24, 2.45) is 0 Å². The first kappa shape index (κ1) is 16.8. The van der Waals surface area contributed by atoms with Crippen LogP contribution in [0.5, 0.6) is 0 Å². The maximum absolute atomic E-state index is 11.8. The van der Waals surface area contributed by atoms with Gasteiger partial charge >= 0.3 is 5.97 Å². The Labute approximate surface area is 159 Å². The number of hydrogen-bond acceptors (Lipinski definition) is 3. The second-order valence-corrected chi connectivity index (χ2v) is 7.46. The summed E-state index contributed by atoms with van der Waals surface area (Å²) < 4.78 is 1.93. The van der Waals surface area contributed by atoms with E-state index in [0.29, 0.717) is 20.6 Å². The number of halogens is 1. The lowest BCUT2D eigenvalue weighted by atomic mass is 10.1. The fraction of sp³-hybridized carbons (Fsp3) is 0.100. The molecule has 2 aromatic heterocycles. The van der Waals surface area contributed by atoms with E-state index in [0.717, 1.165) is 28.1 Å². The first-order chi connectivity index (χ1) is 12.5. The van der Waals surface area contributed by atoms with E-state index < -0.39 is 5.97 Å².